The minimum Gasteiger partial charge on any atom is -0.454 e. The molecule has 0 saturated carbocycles. The predicted molar refractivity (Wildman–Crippen MR) is 121 cm³/mol. The zero-order valence-electron chi connectivity index (χ0n) is 18.0. The van der Waals surface area contributed by atoms with E-state index in [0.717, 1.165) is 22.8 Å². The number of carbonyl (C=O) groups excluding carboxylic acids is 2. The molecule has 10 heteroatoms. The second kappa shape index (κ2) is 8.34. The normalized spacial score (nSPS) is 18.4. The molecule has 2 N–H and O–H groups in total. The fraction of sp³-hybridized carbons (Fsp3) is 0.409. The molecule has 2 amide bonds. The summed E-state index contributed by atoms with van der Waals surface area (Å²) in [5.74, 6) is 2.47. The van der Waals surface area contributed by atoms with E-state index in [1.165, 1.54) is 11.3 Å². The van der Waals surface area contributed by atoms with E-state index in [1.54, 1.807) is 0 Å². The molecule has 1 aromatic heterocycles. The third-order valence-corrected chi connectivity index (χ3v) is 6.44. The SMILES string of the molecule is CC(C)CN1C(=O)c2sccc2N2C(CCC(=O)NCc3ccc4c(c3)OCO4)=NNC12. The van der Waals surface area contributed by atoms with Crippen LogP contribution in [0, 0.1) is 5.92 Å². The van der Waals surface area contributed by atoms with Crippen molar-refractivity contribution in [2.45, 2.75) is 39.5 Å². The number of amides is 2. The van der Waals surface area contributed by atoms with Crippen LogP contribution in [0.15, 0.2) is 34.7 Å². The molecule has 9 nitrogen and oxygen atoms in total. The number of nitrogens with zero attached hydrogens (tertiary/aromatic N) is 3. The lowest BCUT2D eigenvalue weighted by Gasteiger charge is -2.40. The molecule has 0 aliphatic carbocycles. The molecule has 2 aromatic rings. The molecular formula is C22H25N5O4S. The Balaban J connectivity index is 1.21. The van der Waals surface area contributed by atoms with Gasteiger partial charge in [-0.2, -0.15) is 5.10 Å². The van der Waals surface area contributed by atoms with Gasteiger partial charge < -0.3 is 14.8 Å². The van der Waals surface area contributed by atoms with E-state index < -0.39 is 0 Å². The molecule has 5 rings (SSSR count). The molecule has 1 aromatic carbocycles. The molecule has 0 spiro atoms. The predicted octanol–water partition coefficient (Wildman–Crippen LogP) is 2.69. The van der Waals surface area contributed by atoms with Crippen LogP contribution in [0.4, 0.5) is 5.69 Å². The summed E-state index contributed by atoms with van der Waals surface area (Å²) in [4.78, 5) is 30.0. The average molecular weight is 456 g/mol. The third-order valence-electron chi connectivity index (χ3n) is 5.55. The Kier molecular flexibility index (Phi) is 5.38. The van der Waals surface area contributed by atoms with Crippen LogP contribution in [0.3, 0.4) is 0 Å². The Hall–Kier alpha value is -3.27. The van der Waals surface area contributed by atoms with Gasteiger partial charge in [-0.15, -0.1) is 11.3 Å². The van der Waals surface area contributed by atoms with Gasteiger partial charge >= 0.3 is 0 Å². The highest BCUT2D eigenvalue weighted by molar-refractivity contribution is 7.12. The lowest BCUT2D eigenvalue weighted by Crippen LogP contribution is -2.59. The number of anilines is 1. The highest BCUT2D eigenvalue weighted by atomic mass is 32.1. The van der Waals surface area contributed by atoms with Crippen LogP contribution >= 0.6 is 11.3 Å². The minimum atomic E-state index is -0.348. The van der Waals surface area contributed by atoms with Crippen molar-refractivity contribution in [1.29, 1.82) is 0 Å². The summed E-state index contributed by atoms with van der Waals surface area (Å²) >= 11 is 1.44. The number of hydrazone groups is 1. The van der Waals surface area contributed by atoms with Gasteiger partial charge in [-0.3, -0.25) is 24.8 Å². The number of rotatable bonds is 7. The smallest absolute Gasteiger partial charge is 0.269 e. The fourth-order valence-electron chi connectivity index (χ4n) is 4.08. The summed E-state index contributed by atoms with van der Waals surface area (Å²) < 4.78 is 10.7. The standard InChI is InChI=1S/C22H25N5O4S/c1-13(2)11-26-21(29)20-15(7-8-32-20)27-18(24-25-22(26)27)5-6-19(28)23-10-14-3-4-16-17(9-14)31-12-30-16/h3-4,7-9,13,22,25H,5-6,10-12H2,1-2H3,(H,23,28). The van der Waals surface area contributed by atoms with Gasteiger partial charge in [0.15, 0.2) is 11.5 Å². The second-order valence-electron chi connectivity index (χ2n) is 8.35. The van der Waals surface area contributed by atoms with Crippen LogP contribution in [-0.4, -0.2) is 42.2 Å². The van der Waals surface area contributed by atoms with Gasteiger partial charge in [0.25, 0.3) is 5.91 Å². The van der Waals surface area contributed by atoms with E-state index >= 15 is 0 Å². The van der Waals surface area contributed by atoms with Crippen LogP contribution in [0.5, 0.6) is 11.5 Å². The molecular weight excluding hydrogens is 430 g/mol. The largest absolute Gasteiger partial charge is 0.454 e. The first-order valence-corrected chi connectivity index (χ1v) is 11.5. The number of ether oxygens (including phenoxy) is 2. The molecule has 0 saturated heterocycles. The lowest BCUT2D eigenvalue weighted by atomic mass is 10.1. The monoisotopic (exact) mass is 455 g/mol. The van der Waals surface area contributed by atoms with Crippen LogP contribution < -0.4 is 25.1 Å². The van der Waals surface area contributed by atoms with E-state index in [2.05, 4.69) is 29.7 Å². The number of carbonyl (C=O) groups is 2. The number of hydrogen-bond donors (Lipinski definition) is 2. The maximum absolute atomic E-state index is 13.0. The molecule has 3 aliphatic rings. The Morgan fingerprint density at radius 1 is 1.31 bits per heavy atom. The Labute approximate surface area is 190 Å². The molecule has 4 heterocycles. The number of amidine groups is 1. The highest BCUT2D eigenvalue weighted by Crippen LogP contribution is 2.37. The summed E-state index contributed by atoms with van der Waals surface area (Å²) in [5, 5.41) is 9.35. The number of fused-ring (bicyclic) bond motifs is 4. The Morgan fingerprint density at radius 3 is 3.00 bits per heavy atom. The van der Waals surface area contributed by atoms with Crippen molar-refractivity contribution in [2.24, 2.45) is 11.0 Å². The first-order valence-electron chi connectivity index (χ1n) is 10.7. The molecule has 3 aliphatic heterocycles. The van der Waals surface area contributed by atoms with Gasteiger partial charge in [-0.1, -0.05) is 19.9 Å². The van der Waals surface area contributed by atoms with E-state index in [0.29, 0.717) is 42.5 Å². The van der Waals surface area contributed by atoms with Crippen molar-refractivity contribution in [2.75, 3.05) is 18.2 Å². The van der Waals surface area contributed by atoms with Gasteiger partial charge in [0.05, 0.1) is 5.69 Å². The second-order valence-corrected chi connectivity index (χ2v) is 9.27. The number of thiophene rings is 1. The minimum absolute atomic E-state index is 0.0235. The quantitative estimate of drug-likeness (QED) is 0.667. The van der Waals surface area contributed by atoms with Gasteiger partial charge in [-0.25, -0.2) is 0 Å². The highest BCUT2D eigenvalue weighted by Gasteiger charge is 2.43. The zero-order valence-corrected chi connectivity index (χ0v) is 18.8. The van der Waals surface area contributed by atoms with Gasteiger partial charge in [0, 0.05) is 25.9 Å². The molecule has 0 bridgehead atoms. The van der Waals surface area contributed by atoms with E-state index in [4.69, 9.17) is 9.47 Å². The van der Waals surface area contributed by atoms with Crippen molar-refractivity contribution >= 4 is 34.7 Å². The van der Waals surface area contributed by atoms with Crippen molar-refractivity contribution in [3.05, 3.63) is 40.1 Å². The number of nitrogens with one attached hydrogen (secondary N) is 2. The average Bonchev–Trinajstić information content (AvgIpc) is 3.51. The summed E-state index contributed by atoms with van der Waals surface area (Å²) in [6.07, 6.45) is 0.417. The van der Waals surface area contributed by atoms with E-state index in [9.17, 15) is 9.59 Å². The van der Waals surface area contributed by atoms with Crippen molar-refractivity contribution in [3.63, 3.8) is 0 Å². The van der Waals surface area contributed by atoms with Crippen molar-refractivity contribution in [1.82, 2.24) is 15.6 Å². The molecule has 32 heavy (non-hydrogen) atoms. The molecule has 168 valence electrons. The zero-order chi connectivity index (χ0) is 22.2. The summed E-state index contributed by atoms with van der Waals surface area (Å²) in [6, 6.07) is 7.58. The van der Waals surface area contributed by atoms with Gasteiger partial charge in [0.2, 0.25) is 19.0 Å². The van der Waals surface area contributed by atoms with Crippen molar-refractivity contribution in [3.8, 4) is 11.5 Å². The van der Waals surface area contributed by atoms with Crippen molar-refractivity contribution < 1.29 is 19.1 Å². The first kappa shape index (κ1) is 20.6. The van der Waals surface area contributed by atoms with Gasteiger partial charge in [-0.05, 0) is 35.1 Å². The summed E-state index contributed by atoms with van der Waals surface area (Å²) in [6.45, 7) is 5.44. The first-order chi connectivity index (χ1) is 15.5. The lowest BCUT2D eigenvalue weighted by molar-refractivity contribution is -0.121. The molecule has 0 fully saturated rings. The molecule has 1 unspecified atom stereocenters. The van der Waals surface area contributed by atoms with Crippen LogP contribution in [0.1, 0.15) is 41.9 Å². The summed E-state index contributed by atoms with van der Waals surface area (Å²) in [5.41, 5.74) is 4.90. The third kappa shape index (κ3) is 3.75. The van der Waals surface area contributed by atoms with Gasteiger partial charge in [0.1, 0.15) is 10.7 Å². The van der Waals surface area contributed by atoms with E-state index in [1.807, 2.05) is 39.4 Å². The maximum Gasteiger partial charge on any atom is 0.269 e. The topological polar surface area (TPSA) is 95.5 Å². The molecule has 1 atom stereocenters. The van der Waals surface area contributed by atoms with Crippen LogP contribution in [0.2, 0.25) is 0 Å². The fourth-order valence-corrected chi connectivity index (χ4v) is 4.91. The summed E-state index contributed by atoms with van der Waals surface area (Å²) in [7, 11) is 0. The van der Waals surface area contributed by atoms with Crippen LogP contribution in [0.25, 0.3) is 0 Å². The Bertz CT molecular complexity index is 1080. The Morgan fingerprint density at radius 2 is 2.16 bits per heavy atom. The number of hydrogen-bond acceptors (Lipinski definition) is 8. The maximum atomic E-state index is 13.0. The molecule has 0 radical (unpaired) electrons. The van der Waals surface area contributed by atoms with E-state index in [-0.39, 0.29) is 24.9 Å². The number of benzene rings is 1. The van der Waals surface area contributed by atoms with Crippen LogP contribution in [-0.2, 0) is 11.3 Å².